The molecule has 3 heterocycles. The quantitative estimate of drug-likeness (QED) is 0.591. The fourth-order valence-corrected chi connectivity index (χ4v) is 4.39. The number of halogens is 1. The van der Waals surface area contributed by atoms with Crippen molar-refractivity contribution in [2.75, 3.05) is 5.32 Å². The number of allylic oxidation sites excluding steroid dienone is 2. The Morgan fingerprint density at radius 3 is 2.73 bits per heavy atom. The highest BCUT2D eigenvalue weighted by Crippen LogP contribution is 2.50. The van der Waals surface area contributed by atoms with Gasteiger partial charge in [-0.15, -0.1) is 0 Å². The number of carboxylic acids is 1. The van der Waals surface area contributed by atoms with E-state index in [1.165, 1.54) is 6.26 Å². The van der Waals surface area contributed by atoms with Crippen LogP contribution in [0.15, 0.2) is 47.1 Å². The number of benzene rings is 1. The lowest BCUT2D eigenvalue weighted by Crippen LogP contribution is -2.25. The van der Waals surface area contributed by atoms with Gasteiger partial charge in [0.2, 0.25) is 5.89 Å². The van der Waals surface area contributed by atoms with Gasteiger partial charge in [0, 0.05) is 23.0 Å². The van der Waals surface area contributed by atoms with Gasteiger partial charge in [0.1, 0.15) is 6.26 Å². The number of ether oxygens (including phenoxy) is 1. The predicted molar refractivity (Wildman–Crippen MR) is 111 cm³/mol. The van der Waals surface area contributed by atoms with Gasteiger partial charge in [-0.1, -0.05) is 23.8 Å². The molecule has 0 spiro atoms. The van der Waals surface area contributed by atoms with Crippen LogP contribution in [0, 0.1) is 5.92 Å². The molecule has 1 amide bonds. The van der Waals surface area contributed by atoms with Crippen molar-refractivity contribution in [3.8, 4) is 0 Å². The number of hydrogen-bond donors (Lipinski definition) is 2. The van der Waals surface area contributed by atoms with Gasteiger partial charge in [-0.25, -0.2) is 4.98 Å². The summed E-state index contributed by atoms with van der Waals surface area (Å²) >= 11 is 5.87. The molecule has 0 radical (unpaired) electrons. The molecule has 30 heavy (non-hydrogen) atoms. The van der Waals surface area contributed by atoms with E-state index in [-0.39, 0.29) is 42.1 Å². The highest BCUT2D eigenvalue weighted by Gasteiger charge is 2.51. The van der Waals surface area contributed by atoms with Crippen LogP contribution in [-0.2, 0) is 9.53 Å². The monoisotopic (exact) mass is 430 g/mol. The van der Waals surface area contributed by atoms with Crippen LogP contribution in [0.3, 0.4) is 0 Å². The highest BCUT2D eigenvalue weighted by atomic mass is 35.5. The van der Waals surface area contributed by atoms with E-state index in [4.69, 9.17) is 25.9 Å². The van der Waals surface area contributed by atoms with Crippen molar-refractivity contribution in [1.82, 2.24) is 4.98 Å². The topological polar surface area (TPSA) is 102 Å². The molecular weight excluding hydrogens is 408 g/mol. The number of carbonyl (C=O) groups excluding carboxylic acids is 1. The number of oxazole rings is 1. The van der Waals surface area contributed by atoms with Crippen molar-refractivity contribution in [2.45, 2.75) is 50.2 Å². The summed E-state index contributed by atoms with van der Waals surface area (Å²) in [5.41, 5.74) is 0.847. The Balaban J connectivity index is 1.42. The number of nitrogens with one attached hydrogen (secondary N) is 1. The van der Waals surface area contributed by atoms with E-state index in [1.54, 1.807) is 24.3 Å². The maximum Gasteiger partial charge on any atom is 0.303 e. The van der Waals surface area contributed by atoms with E-state index in [0.717, 1.165) is 19.3 Å². The van der Waals surface area contributed by atoms with Crippen LogP contribution in [0.5, 0.6) is 0 Å². The number of fused-ring (bicyclic) bond motifs is 2. The van der Waals surface area contributed by atoms with E-state index in [0.29, 0.717) is 23.0 Å². The van der Waals surface area contributed by atoms with Crippen molar-refractivity contribution >= 4 is 29.2 Å². The van der Waals surface area contributed by atoms with E-state index < -0.39 is 5.97 Å². The maximum absolute atomic E-state index is 12.5. The summed E-state index contributed by atoms with van der Waals surface area (Å²) in [6, 6.07) is 6.84. The molecule has 0 aliphatic carbocycles. The van der Waals surface area contributed by atoms with Gasteiger partial charge >= 0.3 is 5.97 Å². The standard InChI is InChI=1S/C22H23ClN2O5/c23-13-6-8-14(9-7-13)24-21(28)16-12-29-22(25-16)20-15(17-10-11-18(20)30-17)4-2-1-3-5-19(26)27/h1-2,6-9,12,15,17-18,20H,3-5,10-11H2,(H,24,28)(H,26,27)/b2-1-. The second-order valence-electron chi connectivity index (χ2n) is 7.65. The first-order valence-electron chi connectivity index (χ1n) is 10.1. The van der Waals surface area contributed by atoms with Crippen molar-refractivity contribution in [3.63, 3.8) is 0 Å². The molecule has 0 saturated carbocycles. The van der Waals surface area contributed by atoms with Crippen LogP contribution in [0.25, 0.3) is 0 Å². The summed E-state index contributed by atoms with van der Waals surface area (Å²) in [4.78, 5) is 27.6. The average molecular weight is 431 g/mol. The fourth-order valence-electron chi connectivity index (χ4n) is 4.27. The van der Waals surface area contributed by atoms with Gasteiger partial charge in [-0.3, -0.25) is 9.59 Å². The summed E-state index contributed by atoms with van der Waals surface area (Å²) in [5.74, 6) is -0.431. The normalized spacial score (nSPS) is 25.1. The largest absolute Gasteiger partial charge is 0.481 e. The Bertz CT molecular complexity index is 939. The second-order valence-corrected chi connectivity index (χ2v) is 8.09. The molecule has 2 bridgehead atoms. The Morgan fingerprint density at radius 1 is 1.20 bits per heavy atom. The van der Waals surface area contributed by atoms with Crippen molar-refractivity contribution in [3.05, 3.63) is 59.3 Å². The predicted octanol–water partition coefficient (Wildman–Crippen LogP) is 4.65. The molecular formula is C22H23ClN2O5. The van der Waals surface area contributed by atoms with Crippen molar-refractivity contribution in [2.24, 2.45) is 5.92 Å². The van der Waals surface area contributed by atoms with Gasteiger partial charge in [0.15, 0.2) is 5.69 Å². The first kappa shape index (κ1) is 20.6. The lowest BCUT2D eigenvalue weighted by Gasteiger charge is -2.24. The molecule has 1 aromatic carbocycles. The highest BCUT2D eigenvalue weighted by molar-refractivity contribution is 6.30. The molecule has 2 fully saturated rings. The number of aromatic nitrogens is 1. The first-order chi connectivity index (χ1) is 14.5. The SMILES string of the molecule is O=C(O)CC/C=C\CC1C2CCC(O2)C1c1nc(C(=O)Nc2ccc(Cl)cc2)co1. The third-order valence-corrected chi connectivity index (χ3v) is 5.92. The zero-order chi connectivity index (χ0) is 21.1. The molecule has 4 rings (SSSR count). The van der Waals surface area contributed by atoms with Gasteiger partial charge in [0.05, 0.1) is 18.1 Å². The zero-order valence-corrected chi connectivity index (χ0v) is 17.0. The average Bonchev–Trinajstić information content (AvgIpc) is 3.45. The molecule has 2 aliphatic rings. The van der Waals surface area contributed by atoms with Crippen LogP contribution < -0.4 is 5.32 Å². The second kappa shape index (κ2) is 9.02. The zero-order valence-electron chi connectivity index (χ0n) is 16.3. The number of amides is 1. The minimum Gasteiger partial charge on any atom is -0.481 e. The number of carboxylic acid groups (broad SMARTS) is 1. The van der Waals surface area contributed by atoms with E-state index in [2.05, 4.69) is 10.3 Å². The molecule has 2 aromatic rings. The van der Waals surface area contributed by atoms with Gasteiger partial charge < -0.3 is 19.6 Å². The summed E-state index contributed by atoms with van der Waals surface area (Å²) in [6.45, 7) is 0. The third-order valence-electron chi connectivity index (χ3n) is 5.67. The van der Waals surface area contributed by atoms with Crippen LogP contribution in [0.2, 0.25) is 5.02 Å². The Hall–Kier alpha value is -2.64. The number of anilines is 1. The lowest BCUT2D eigenvalue weighted by atomic mass is 9.77. The Labute approximate surface area is 179 Å². The van der Waals surface area contributed by atoms with Gasteiger partial charge in [-0.05, 0) is 49.9 Å². The van der Waals surface area contributed by atoms with Crippen LogP contribution in [-0.4, -0.2) is 34.2 Å². The van der Waals surface area contributed by atoms with Crippen LogP contribution in [0.1, 0.15) is 54.4 Å². The minimum absolute atomic E-state index is 0.00930. The number of hydrogen-bond acceptors (Lipinski definition) is 5. The number of nitrogens with zero attached hydrogens (tertiary/aromatic N) is 1. The summed E-state index contributed by atoms with van der Waals surface area (Å²) < 4.78 is 11.8. The van der Waals surface area contributed by atoms with Crippen molar-refractivity contribution < 1.29 is 23.8 Å². The number of rotatable bonds is 8. The molecule has 2 N–H and O–H groups in total. The molecule has 1 aromatic heterocycles. The molecule has 8 heteroatoms. The molecule has 4 atom stereocenters. The maximum atomic E-state index is 12.5. The fraction of sp³-hybridized carbons (Fsp3) is 0.409. The molecule has 158 valence electrons. The van der Waals surface area contributed by atoms with Crippen LogP contribution in [0.4, 0.5) is 5.69 Å². The summed E-state index contributed by atoms with van der Waals surface area (Å²) in [5, 5.41) is 12.1. The molecule has 2 aliphatic heterocycles. The van der Waals surface area contributed by atoms with Crippen molar-refractivity contribution in [1.29, 1.82) is 0 Å². The van der Waals surface area contributed by atoms with Crippen LogP contribution >= 0.6 is 11.6 Å². The summed E-state index contributed by atoms with van der Waals surface area (Å²) in [6.07, 6.45) is 8.82. The van der Waals surface area contributed by atoms with Gasteiger partial charge in [0.25, 0.3) is 5.91 Å². The number of carbonyl (C=O) groups is 2. The van der Waals surface area contributed by atoms with Gasteiger partial charge in [-0.2, -0.15) is 0 Å². The Morgan fingerprint density at radius 2 is 1.97 bits per heavy atom. The lowest BCUT2D eigenvalue weighted by molar-refractivity contribution is -0.136. The van der Waals surface area contributed by atoms with E-state index >= 15 is 0 Å². The molecule has 4 unspecified atom stereocenters. The van der Waals surface area contributed by atoms with E-state index in [1.807, 2.05) is 12.2 Å². The molecule has 7 nitrogen and oxygen atoms in total. The first-order valence-corrected chi connectivity index (χ1v) is 10.4. The number of aliphatic carboxylic acids is 1. The Kier molecular flexibility index (Phi) is 6.20. The summed E-state index contributed by atoms with van der Waals surface area (Å²) in [7, 11) is 0. The third kappa shape index (κ3) is 4.57. The van der Waals surface area contributed by atoms with E-state index in [9.17, 15) is 9.59 Å². The minimum atomic E-state index is -0.801. The molecule has 2 saturated heterocycles. The smallest absolute Gasteiger partial charge is 0.303 e.